The first-order chi connectivity index (χ1) is 30.5. The highest BCUT2D eigenvalue weighted by atomic mass is 16.8. The van der Waals surface area contributed by atoms with E-state index in [2.05, 4.69) is 5.32 Å². The fourth-order valence-corrected chi connectivity index (χ4v) is 9.96. The lowest BCUT2D eigenvalue weighted by Crippen LogP contribution is -2.70. The number of likely N-dealkylation sites (N-methyl/N-ethyl adjacent to an activating group) is 2. The molecule has 8 atom stereocenters. The van der Waals surface area contributed by atoms with E-state index in [1.54, 1.807) is 48.0 Å². The molecule has 8 rings (SSSR count). The van der Waals surface area contributed by atoms with Gasteiger partial charge in [-0.05, 0) is 61.1 Å². The minimum absolute atomic E-state index is 0.0366. The summed E-state index contributed by atoms with van der Waals surface area (Å²) in [5.41, 5.74) is 2.06. The van der Waals surface area contributed by atoms with Crippen molar-refractivity contribution in [2.75, 3.05) is 27.7 Å². The molecule has 64 heavy (non-hydrogen) atoms. The van der Waals surface area contributed by atoms with Crippen molar-refractivity contribution in [3.8, 4) is 0 Å². The number of rotatable bonds is 14. The van der Waals surface area contributed by atoms with E-state index in [1.807, 2.05) is 78.9 Å². The predicted molar refractivity (Wildman–Crippen MR) is 232 cm³/mol. The summed E-state index contributed by atoms with van der Waals surface area (Å²) < 4.78 is 25.5. The van der Waals surface area contributed by atoms with E-state index in [9.17, 15) is 24.3 Å². The number of fused-ring (bicyclic) bond motifs is 5. The zero-order valence-electron chi connectivity index (χ0n) is 37.2. The van der Waals surface area contributed by atoms with Crippen molar-refractivity contribution in [3.63, 3.8) is 0 Å². The van der Waals surface area contributed by atoms with Crippen molar-refractivity contribution in [2.24, 2.45) is 5.41 Å². The number of nitrogens with zero attached hydrogens (tertiary/aromatic N) is 3. The van der Waals surface area contributed by atoms with Gasteiger partial charge in [-0.15, -0.1) is 0 Å². The molecule has 2 aliphatic carbocycles. The molecule has 1 spiro atoms. The average Bonchev–Trinajstić information content (AvgIpc) is 3.94. The molecule has 3 amide bonds. The van der Waals surface area contributed by atoms with Crippen LogP contribution in [0.4, 0.5) is 0 Å². The van der Waals surface area contributed by atoms with Gasteiger partial charge in [-0.2, -0.15) is 5.06 Å². The van der Waals surface area contributed by atoms with Gasteiger partial charge in [0.15, 0.2) is 11.8 Å². The van der Waals surface area contributed by atoms with Gasteiger partial charge in [0.25, 0.3) is 0 Å². The molecule has 3 aromatic carbocycles. The van der Waals surface area contributed by atoms with Crippen LogP contribution in [0.2, 0.25) is 0 Å². The Morgan fingerprint density at radius 1 is 0.938 bits per heavy atom. The summed E-state index contributed by atoms with van der Waals surface area (Å²) in [6.45, 7) is 4.87. The second-order valence-corrected chi connectivity index (χ2v) is 18.8. The largest absolute Gasteiger partial charge is 0.460 e. The van der Waals surface area contributed by atoms with Crippen molar-refractivity contribution in [1.82, 2.24) is 20.2 Å². The van der Waals surface area contributed by atoms with E-state index < -0.39 is 89.7 Å². The van der Waals surface area contributed by atoms with Crippen LogP contribution in [-0.4, -0.2) is 131 Å². The molecule has 3 aromatic rings. The number of aliphatic hydroxyl groups excluding tert-OH is 1. The SMILES string of the molecule is CN(C)C(=O)C=Cc1ccccc1CN1OC2C3OC4(Cc5ccccc5C4)OC3C3CC2(C(=O)N(C)C(Cc2ccccc2)C(=O)NC(CO)CCC(=O)OC(C)(C)C)C1C(=O)O3. The summed E-state index contributed by atoms with van der Waals surface area (Å²) in [6, 6.07) is 21.5. The van der Waals surface area contributed by atoms with E-state index in [-0.39, 0.29) is 38.1 Å². The number of aliphatic hydroxyl groups is 1. The maximum atomic E-state index is 15.8. The van der Waals surface area contributed by atoms with E-state index in [4.69, 9.17) is 23.8 Å². The van der Waals surface area contributed by atoms with Crippen molar-refractivity contribution in [3.05, 3.63) is 113 Å². The number of amides is 3. The van der Waals surface area contributed by atoms with Gasteiger partial charge in [-0.3, -0.25) is 28.8 Å². The Kier molecular flexibility index (Phi) is 12.6. The second-order valence-electron chi connectivity index (χ2n) is 18.8. The minimum atomic E-state index is -1.61. The van der Waals surface area contributed by atoms with Gasteiger partial charge in [-0.25, -0.2) is 0 Å². The third kappa shape index (κ3) is 8.83. The predicted octanol–water partition coefficient (Wildman–Crippen LogP) is 3.54. The molecule has 3 aliphatic heterocycles. The maximum absolute atomic E-state index is 15.8. The van der Waals surface area contributed by atoms with Crippen LogP contribution in [0.15, 0.2) is 84.9 Å². The van der Waals surface area contributed by atoms with Crippen molar-refractivity contribution >= 4 is 35.7 Å². The summed E-state index contributed by atoms with van der Waals surface area (Å²) in [4.78, 5) is 79.9. The van der Waals surface area contributed by atoms with Crippen molar-refractivity contribution < 1.29 is 52.9 Å². The fourth-order valence-electron chi connectivity index (χ4n) is 9.96. The maximum Gasteiger partial charge on any atom is 0.327 e. The molecule has 8 unspecified atom stereocenters. The van der Waals surface area contributed by atoms with Crippen molar-refractivity contribution in [1.29, 1.82) is 0 Å². The summed E-state index contributed by atoms with van der Waals surface area (Å²) in [5.74, 6) is -3.48. The van der Waals surface area contributed by atoms with E-state index >= 15 is 4.79 Å². The summed E-state index contributed by atoms with van der Waals surface area (Å²) in [5, 5.41) is 14.8. The standard InChI is InChI=1S/C49H58N4O11/c1-47(2,3)61-39(56)23-21-35(29-54)50-44(57)36(24-30-14-8-7-9-15-30)52(6)46(59)49-27-37-40-41(63-48(62-40)25-32-17-11-12-18-33(32)26-48)43(49)64-53(42(49)45(58)60-37)28-34-19-13-10-16-31(34)20-22-38(55)51(4)5/h7-20,22,35-37,40-43,54H,21,23-29H2,1-6H3,(H,50,57). The Hall–Kier alpha value is -5.45. The highest BCUT2D eigenvalue weighted by Crippen LogP contribution is 2.59. The van der Waals surface area contributed by atoms with Gasteiger partial charge >= 0.3 is 11.9 Å². The topological polar surface area (TPSA) is 173 Å². The first kappa shape index (κ1) is 45.1. The average molecular weight is 879 g/mol. The van der Waals surface area contributed by atoms with E-state index in [0.717, 1.165) is 22.3 Å². The van der Waals surface area contributed by atoms with Crippen molar-refractivity contribution in [2.45, 2.75) is 120 Å². The van der Waals surface area contributed by atoms with Crippen LogP contribution in [0.5, 0.6) is 0 Å². The van der Waals surface area contributed by atoms with Crippen LogP contribution < -0.4 is 5.32 Å². The smallest absolute Gasteiger partial charge is 0.327 e. The molecule has 340 valence electrons. The number of carbonyl (C=O) groups is 5. The molecule has 15 nitrogen and oxygen atoms in total. The Morgan fingerprint density at radius 3 is 2.27 bits per heavy atom. The van der Waals surface area contributed by atoms with Gasteiger partial charge in [-0.1, -0.05) is 78.9 Å². The van der Waals surface area contributed by atoms with Gasteiger partial charge < -0.3 is 39.2 Å². The molecule has 5 aliphatic rings. The lowest BCUT2D eigenvalue weighted by Gasteiger charge is -2.50. The number of hydroxylamine groups is 2. The highest BCUT2D eigenvalue weighted by molar-refractivity contribution is 5.96. The Balaban J connectivity index is 1.14. The zero-order valence-corrected chi connectivity index (χ0v) is 37.2. The molecule has 1 saturated carbocycles. The Morgan fingerprint density at radius 2 is 1.59 bits per heavy atom. The molecule has 0 radical (unpaired) electrons. The van der Waals surface area contributed by atoms with Crippen LogP contribution in [0, 0.1) is 5.41 Å². The molecular formula is C49H58N4O11. The quantitative estimate of drug-likeness (QED) is 0.179. The third-order valence-electron chi connectivity index (χ3n) is 13.0. The second kappa shape index (κ2) is 17.8. The number of carbonyl (C=O) groups excluding carboxylic acids is 5. The molecule has 2 N–H and O–H groups in total. The number of ether oxygens (including phenoxy) is 4. The number of hydrogen-bond acceptors (Lipinski definition) is 12. The van der Waals surface area contributed by atoms with Gasteiger partial charge in [0.05, 0.1) is 19.2 Å². The van der Waals surface area contributed by atoms with Crippen LogP contribution in [0.1, 0.15) is 67.9 Å². The first-order valence-electron chi connectivity index (χ1n) is 22.0. The summed E-state index contributed by atoms with van der Waals surface area (Å²) >= 11 is 0. The number of nitrogens with one attached hydrogen (secondary N) is 1. The Bertz CT molecular complexity index is 2270. The normalized spacial score (nSPS) is 26.2. The molecule has 3 saturated heterocycles. The van der Waals surface area contributed by atoms with Gasteiger partial charge in [0.1, 0.15) is 41.5 Å². The highest BCUT2D eigenvalue weighted by Gasteiger charge is 2.77. The lowest BCUT2D eigenvalue weighted by atomic mass is 9.62. The third-order valence-corrected chi connectivity index (χ3v) is 13.0. The van der Waals surface area contributed by atoms with Crippen LogP contribution >= 0.6 is 0 Å². The molecule has 4 fully saturated rings. The number of esters is 2. The van der Waals surface area contributed by atoms with E-state index in [1.165, 1.54) is 20.9 Å². The minimum Gasteiger partial charge on any atom is -0.460 e. The molecule has 0 aromatic heterocycles. The molecule has 2 bridgehead atoms. The first-order valence-corrected chi connectivity index (χ1v) is 22.0. The van der Waals surface area contributed by atoms with Crippen LogP contribution in [-0.2, 0) is 73.6 Å². The lowest BCUT2D eigenvalue weighted by molar-refractivity contribution is -0.218. The molecule has 3 heterocycles. The summed E-state index contributed by atoms with van der Waals surface area (Å²) in [7, 11) is 4.87. The molecular weight excluding hydrogens is 821 g/mol. The monoisotopic (exact) mass is 878 g/mol. The van der Waals surface area contributed by atoms with Crippen LogP contribution in [0.3, 0.4) is 0 Å². The van der Waals surface area contributed by atoms with Gasteiger partial charge in [0, 0.05) is 59.3 Å². The Labute approximate surface area is 373 Å². The number of benzene rings is 3. The zero-order chi connectivity index (χ0) is 45.6. The van der Waals surface area contributed by atoms with E-state index in [0.29, 0.717) is 18.4 Å². The van der Waals surface area contributed by atoms with Crippen LogP contribution in [0.25, 0.3) is 6.08 Å². The fraction of sp³-hybridized carbons (Fsp3) is 0.490. The summed E-state index contributed by atoms with van der Waals surface area (Å²) in [6.07, 6.45) is 0.781. The molecule has 15 heteroatoms. The number of hydrogen-bond donors (Lipinski definition) is 2. The van der Waals surface area contributed by atoms with Gasteiger partial charge in [0.2, 0.25) is 17.7 Å².